The van der Waals surface area contributed by atoms with Crippen LogP contribution in [0.15, 0.2) is 12.2 Å². The molecule has 0 bridgehead atoms. The summed E-state index contributed by atoms with van der Waals surface area (Å²) in [4.78, 5) is 46.7. The van der Waals surface area contributed by atoms with E-state index in [4.69, 9.17) is 4.74 Å². The smallest absolute Gasteiger partial charge is 0.313 e. The lowest BCUT2D eigenvalue weighted by molar-refractivity contribution is -0.138. The van der Waals surface area contributed by atoms with Gasteiger partial charge in [-0.1, -0.05) is 0 Å². The van der Waals surface area contributed by atoms with Gasteiger partial charge in [-0.2, -0.15) is 8.78 Å². The molecule has 13 heteroatoms. The molecule has 0 atom stereocenters. The Bertz CT molecular complexity index is 890. The van der Waals surface area contributed by atoms with Crippen LogP contribution in [0.5, 0.6) is 5.75 Å². The number of carbonyl (C=O) groups is 4. The maximum Gasteiger partial charge on any atom is 0.313 e. The molecule has 0 radical (unpaired) electrons. The summed E-state index contributed by atoms with van der Waals surface area (Å²) in [6, 6.07) is 0. The highest BCUT2D eigenvalue weighted by atomic mass is 19.2. The summed E-state index contributed by atoms with van der Waals surface area (Å²) in [5, 5.41) is 2.43. The van der Waals surface area contributed by atoms with Crippen LogP contribution in [0.4, 0.5) is 22.0 Å². The highest BCUT2D eigenvalue weighted by molar-refractivity contribution is 6.13. The predicted molar refractivity (Wildman–Crippen MR) is 90.8 cm³/mol. The van der Waals surface area contributed by atoms with E-state index < -0.39 is 64.9 Å². The van der Waals surface area contributed by atoms with Crippen molar-refractivity contribution in [3.05, 3.63) is 41.2 Å². The number of benzene rings is 1. The Hall–Kier alpha value is -3.35. The van der Waals surface area contributed by atoms with Crippen molar-refractivity contribution in [1.29, 1.82) is 0 Å². The van der Waals surface area contributed by atoms with Crippen LogP contribution in [0.3, 0.4) is 0 Å². The lowest BCUT2D eigenvalue weighted by atomic mass is 10.2. The first kappa shape index (κ1) is 23.9. The summed E-state index contributed by atoms with van der Waals surface area (Å²) in [5.74, 6) is -15.9. The number of esters is 1. The van der Waals surface area contributed by atoms with Crippen LogP contribution in [0.25, 0.3) is 0 Å². The Morgan fingerprint density at radius 2 is 1.39 bits per heavy atom. The number of nitrogens with one attached hydrogen (secondary N) is 1. The van der Waals surface area contributed by atoms with Crippen molar-refractivity contribution >= 4 is 23.7 Å². The number of amides is 3. The lowest BCUT2D eigenvalue weighted by Gasteiger charge is -2.13. The molecule has 1 aromatic rings. The molecule has 1 heterocycles. The fraction of sp³-hybridized carbons (Fsp3) is 0.333. The fourth-order valence-electron chi connectivity index (χ4n) is 2.31. The molecule has 0 aromatic heterocycles. The van der Waals surface area contributed by atoms with Gasteiger partial charge < -0.3 is 14.8 Å². The number of nitrogens with zero attached hydrogens (tertiary/aromatic N) is 1. The predicted octanol–water partition coefficient (Wildman–Crippen LogP) is 1.13. The van der Waals surface area contributed by atoms with E-state index in [9.17, 15) is 41.1 Å². The number of hydrogen-bond donors (Lipinski definition) is 1. The Balaban J connectivity index is 1.64. The molecular weight excluding hydrogens is 435 g/mol. The molecule has 0 aliphatic carbocycles. The van der Waals surface area contributed by atoms with E-state index in [1.54, 1.807) is 0 Å². The van der Waals surface area contributed by atoms with Crippen LogP contribution in [0.2, 0.25) is 0 Å². The van der Waals surface area contributed by atoms with Gasteiger partial charge in [0.25, 0.3) is 11.8 Å². The molecule has 2 rings (SSSR count). The van der Waals surface area contributed by atoms with Crippen molar-refractivity contribution in [3.8, 4) is 5.75 Å². The average molecular weight is 450 g/mol. The molecular formula is C18H15F5N2O6. The number of hydrogen-bond acceptors (Lipinski definition) is 6. The van der Waals surface area contributed by atoms with E-state index in [2.05, 4.69) is 10.1 Å². The highest BCUT2D eigenvalue weighted by Gasteiger charge is 2.28. The van der Waals surface area contributed by atoms with Gasteiger partial charge in [0.05, 0.1) is 19.6 Å². The van der Waals surface area contributed by atoms with Crippen molar-refractivity contribution in [1.82, 2.24) is 10.2 Å². The molecule has 0 fully saturated rings. The van der Waals surface area contributed by atoms with Crippen molar-refractivity contribution < 1.29 is 50.6 Å². The first-order valence-electron chi connectivity index (χ1n) is 8.73. The fourth-order valence-corrected chi connectivity index (χ4v) is 2.31. The summed E-state index contributed by atoms with van der Waals surface area (Å²) >= 11 is 0. The third kappa shape index (κ3) is 6.07. The minimum absolute atomic E-state index is 0.00562. The van der Waals surface area contributed by atoms with E-state index >= 15 is 0 Å². The molecule has 1 aliphatic rings. The van der Waals surface area contributed by atoms with Crippen molar-refractivity contribution in [3.63, 3.8) is 0 Å². The monoisotopic (exact) mass is 450 g/mol. The van der Waals surface area contributed by atoms with E-state index in [0.717, 1.165) is 17.1 Å². The van der Waals surface area contributed by atoms with Gasteiger partial charge in [-0.25, -0.2) is 13.2 Å². The average Bonchev–Trinajstić information content (AvgIpc) is 3.06. The van der Waals surface area contributed by atoms with Gasteiger partial charge in [-0.3, -0.25) is 24.1 Å². The van der Waals surface area contributed by atoms with Crippen molar-refractivity contribution in [2.24, 2.45) is 0 Å². The van der Waals surface area contributed by atoms with Gasteiger partial charge >= 0.3 is 5.97 Å². The van der Waals surface area contributed by atoms with Crippen LogP contribution < -0.4 is 10.1 Å². The normalized spacial score (nSPS) is 13.1. The van der Waals surface area contributed by atoms with Crippen LogP contribution in [-0.4, -0.2) is 54.9 Å². The standard InChI is InChI=1S/C18H15F5N2O6/c19-13-14(20)16(22)18(17(23)15(13)21)31-12(29)4-7-30-8-5-24-9(26)3-6-25-10(27)1-2-11(25)28/h1-2H,3-8H2,(H,24,26). The van der Waals surface area contributed by atoms with Gasteiger partial charge in [0.15, 0.2) is 0 Å². The van der Waals surface area contributed by atoms with E-state index in [1.807, 2.05) is 0 Å². The van der Waals surface area contributed by atoms with Crippen LogP contribution in [0.1, 0.15) is 12.8 Å². The maximum absolute atomic E-state index is 13.4. The molecule has 31 heavy (non-hydrogen) atoms. The number of rotatable bonds is 10. The Kier molecular flexibility index (Phi) is 8.19. The number of imide groups is 1. The molecule has 0 saturated heterocycles. The second-order valence-electron chi connectivity index (χ2n) is 6.00. The van der Waals surface area contributed by atoms with E-state index in [1.165, 1.54) is 0 Å². The van der Waals surface area contributed by atoms with Gasteiger partial charge in [0, 0.05) is 31.7 Å². The molecule has 1 aliphatic heterocycles. The Morgan fingerprint density at radius 3 is 1.97 bits per heavy atom. The van der Waals surface area contributed by atoms with Crippen LogP contribution in [-0.2, 0) is 23.9 Å². The molecule has 0 spiro atoms. The summed E-state index contributed by atoms with van der Waals surface area (Å²) in [6.45, 7) is -0.496. The molecule has 0 unspecified atom stereocenters. The summed E-state index contributed by atoms with van der Waals surface area (Å²) < 4.78 is 75.0. The van der Waals surface area contributed by atoms with Crippen molar-refractivity contribution in [2.75, 3.05) is 26.3 Å². The zero-order valence-electron chi connectivity index (χ0n) is 15.7. The van der Waals surface area contributed by atoms with Crippen LogP contribution >= 0.6 is 0 Å². The Morgan fingerprint density at radius 1 is 0.839 bits per heavy atom. The summed E-state index contributed by atoms with van der Waals surface area (Å²) in [5.41, 5.74) is 0. The zero-order valence-corrected chi connectivity index (χ0v) is 15.7. The van der Waals surface area contributed by atoms with Crippen molar-refractivity contribution in [2.45, 2.75) is 12.8 Å². The number of ether oxygens (including phenoxy) is 2. The minimum atomic E-state index is -2.38. The summed E-state index contributed by atoms with van der Waals surface area (Å²) in [6.07, 6.45) is 1.48. The van der Waals surface area contributed by atoms with Gasteiger partial charge in [0.1, 0.15) is 0 Å². The molecule has 1 aromatic carbocycles. The van der Waals surface area contributed by atoms with Gasteiger partial charge in [-0.05, 0) is 0 Å². The molecule has 3 amide bonds. The Labute approximate surface area is 171 Å². The molecule has 0 saturated carbocycles. The maximum atomic E-state index is 13.4. The number of halogens is 5. The topological polar surface area (TPSA) is 102 Å². The molecule has 8 nitrogen and oxygen atoms in total. The zero-order chi connectivity index (χ0) is 23.1. The summed E-state index contributed by atoms with van der Waals surface area (Å²) in [7, 11) is 0. The minimum Gasteiger partial charge on any atom is -0.420 e. The van der Waals surface area contributed by atoms with E-state index in [-0.39, 0.29) is 32.7 Å². The lowest BCUT2D eigenvalue weighted by Crippen LogP contribution is -2.35. The van der Waals surface area contributed by atoms with Gasteiger partial charge in [-0.15, -0.1) is 0 Å². The molecule has 1 N–H and O–H groups in total. The second-order valence-corrected chi connectivity index (χ2v) is 6.00. The van der Waals surface area contributed by atoms with Crippen LogP contribution in [0, 0.1) is 29.1 Å². The van der Waals surface area contributed by atoms with Gasteiger partial charge in [0.2, 0.25) is 40.7 Å². The third-order valence-electron chi connectivity index (χ3n) is 3.87. The first-order chi connectivity index (χ1) is 14.6. The largest absolute Gasteiger partial charge is 0.420 e. The quantitative estimate of drug-likeness (QED) is 0.109. The molecule has 168 valence electrons. The second kappa shape index (κ2) is 10.6. The third-order valence-corrected chi connectivity index (χ3v) is 3.87. The number of carbonyl (C=O) groups excluding carboxylic acids is 4. The van der Waals surface area contributed by atoms with E-state index in [0.29, 0.717) is 0 Å². The first-order valence-corrected chi connectivity index (χ1v) is 8.73. The highest BCUT2D eigenvalue weighted by Crippen LogP contribution is 2.29. The SMILES string of the molecule is O=C(CCN1C(=O)C=CC1=O)NCCOCCC(=O)Oc1c(F)c(F)c(F)c(F)c1F.